The molecule has 11 heteroatoms. The zero-order chi connectivity index (χ0) is 38.6. The maximum absolute atomic E-state index is 14.0. The first-order valence-electron chi connectivity index (χ1n) is 18.4. The molecule has 0 saturated heterocycles. The second kappa shape index (κ2) is 15.9. The summed E-state index contributed by atoms with van der Waals surface area (Å²) in [5, 5.41) is 6.71. The minimum Gasteiger partial charge on any atom is -0.493 e. The van der Waals surface area contributed by atoms with Crippen molar-refractivity contribution in [1.29, 1.82) is 0 Å². The number of ether oxygens (including phenoxy) is 4. The SMILES string of the molecule is CNc1cc(OCc2cc(N)cc(COc3cc(NCC4Cc5ccccc5N4C=O)c(C)cc3OC)c2)c(OC)cc1C(=O)N1c2ccccc2C[C@H]1C. The predicted octanol–water partition coefficient (Wildman–Crippen LogP) is 7.39. The van der Waals surface area contributed by atoms with Crippen molar-refractivity contribution < 1.29 is 28.5 Å². The molecule has 5 aromatic rings. The highest BCUT2D eigenvalue weighted by atomic mass is 16.5. The van der Waals surface area contributed by atoms with Crippen molar-refractivity contribution in [3.8, 4) is 23.0 Å². The molecular weight excluding hydrogens is 695 g/mol. The van der Waals surface area contributed by atoms with E-state index in [1.165, 1.54) is 0 Å². The molecule has 5 aromatic carbocycles. The summed E-state index contributed by atoms with van der Waals surface area (Å²) < 4.78 is 24.0. The zero-order valence-electron chi connectivity index (χ0n) is 31.8. The van der Waals surface area contributed by atoms with Crippen molar-refractivity contribution >= 4 is 40.8 Å². The fraction of sp³-hybridized carbons (Fsp3) is 0.273. The van der Waals surface area contributed by atoms with Crippen LogP contribution in [0.5, 0.6) is 23.0 Å². The van der Waals surface area contributed by atoms with Gasteiger partial charge < -0.3 is 45.1 Å². The molecule has 2 atom stereocenters. The third-order valence-corrected chi connectivity index (χ3v) is 10.4. The second-order valence-corrected chi connectivity index (χ2v) is 14.0. The molecule has 2 aliphatic heterocycles. The number of fused-ring (bicyclic) bond motifs is 2. The van der Waals surface area contributed by atoms with E-state index < -0.39 is 0 Å². The molecule has 0 spiro atoms. The standard InChI is InChI=1S/C44H47N5O6/c1-27-14-40(52-4)42(21-36(27)47-23-34-19-32-11-6-8-12-38(32)48(34)26-50)54-24-29-16-30(18-33(45)17-29)25-55-43-22-37(46-3)35(20-41(43)53-5)44(51)49-28(2)15-31-10-7-9-13-39(31)49/h6-14,16-18,20-22,26,28,34,46-47H,15,19,23-25,45H2,1-5H3/t28-,34?/m1/s1. The summed E-state index contributed by atoms with van der Waals surface area (Å²) in [5.41, 5.74) is 15.8. The lowest BCUT2D eigenvalue weighted by molar-refractivity contribution is -0.107. The Morgan fingerprint density at radius 1 is 0.800 bits per heavy atom. The molecule has 11 nitrogen and oxygen atoms in total. The van der Waals surface area contributed by atoms with Crippen LogP contribution < -0.4 is 45.1 Å². The van der Waals surface area contributed by atoms with Crippen molar-refractivity contribution in [2.45, 2.75) is 52.0 Å². The normalized spacial score (nSPS) is 15.6. The lowest BCUT2D eigenvalue weighted by Gasteiger charge is -2.25. The number of nitrogens with two attached hydrogens (primary N) is 1. The molecule has 2 aliphatic rings. The number of hydrogen-bond donors (Lipinski definition) is 3. The lowest BCUT2D eigenvalue weighted by Crippen LogP contribution is -2.36. The third-order valence-electron chi connectivity index (χ3n) is 10.4. The fourth-order valence-electron chi connectivity index (χ4n) is 7.65. The van der Waals surface area contributed by atoms with Crippen molar-refractivity contribution in [3.05, 3.63) is 124 Å². The number of carbonyl (C=O) groups is 2. The summed E-state index contributed by atoms with van der Waals surface area (Å²) in [6, 6.07) is 29.2. The van der Waals surface area contributed by atoms with Crippen LogP contribution in [0.15, 0.2) is 91.0 Å². The highest BCUT2D eigenvalue weighted by Crippen LogP contribution is 2.39. The molecule has 0 fully saturated rings. The van der Waals surface area contributed by atoms with Crippen LogP contribution in [0, 0.1) is 6.92 Å². The van der Waals surface area contributed by atoms with Gasteiger partial charge in [0.05, 0.1) is 31.5 Å². The number of benzene rings is 5. The van der Waals surface area contributed by atoms with Gasteiger partial charge in [-0.2, -0.15) is 0 Å². The van der Waals surface area contributed by atoms with Gasteiger partial charge in [0.15, 0.2) is 23.0 Å². The number of nitrogen functional groups attached to an aromatic ring is 1. The first kappa shape index (κ1) is 37.0. The van der Waals surface area contributed by atoms with E-state index in [0.29, 0.717) is 46.5 Å². The van der Waals surface area contributed by atoms with Crippen LogP contribution in [0.2, 0.25) is 0 Å². The number of aryl methyl sites for hydroxylation is 1. The van der Waals surface area contributed by atoms with Gasteiger partial charge in [-0.15, -0.1) is 0 Å². The molecule has 4 N–H and O–H groups in total. The lowest BCUT2D eigenvalue weighted by atomic mass is 10.1. The van der Waals surface area contributed by atoms with Crippen LogP contribution in [0.4, 0.5) is 28.4 Å². The molecule has 0 aliphatic carbocycles. The first-order chi connectivity index (χ1) is 26.7. The topological polar surface area (TPSA) is 128 Å². The van der Waals surface area contributed by atoms with Crippen molar-refractivity contribution in [1.82, 2.24) is 0 Å². The van der Waals surface area contributed by atoms with Gasteiger partial charge in [0.2, 0.25) is 6.41 Å². The highest BCUT2D eigenvalue weighted by molar-refractivity contribution is 6.11. The Hall–Kier alpha value is -6.36. The average Bonchev–Trinajstić information content (AvgIpc) is 3.74. The van der Waals surface area contributed by atoms with Crippen molar-refractivity contribution in [2.75, 3.05) is 54.0 Å². The largest absolute Gasteiger partial charge is 0.493 e. The molecule has 0 bridgehead atoms. The van der Waals surface area contributed by atoms with Crippen molar-refractivity contribution in [2.24, 2.45) is 0 Å². The molecule has 1 unspecified atom stereocenters. The number of anilines is 5. The summed E-state index contributed by atoms with van der Waals surface area (Å²) in [5.74, 6) is 2.01. The van der Waals surface area contributed by atoms with Crippen LogP contribution in [-0.2, 0) is 30.8 Å². The number of nitrogens with one attached hydrogen (secondary N) is 2. The van der Waals surface area contributed by atoms with Gasteiger partial charge in [-0.1, -0.05) is 36.4 Å². The Morgan fingerprint density at radius 3 is 2.04 bits per heavy atom. The van der Waals surface area contributed by atoms with E-state index in [1.807, 2.05) is 78.6 Å². The molecule has 0 radical (unpaired) electrons. The number of nitrogens with zero attached hydrogens (tertiary/aromatic N) is 2. The van der Waals surface area contributed by atoms with E-state index in [1.54, 1.807) is 38.3 Å². The smallest absolute Gasteiger partial charge is 0.260 e. The maximum atomic E-state index is 14.0. The summed E-state index contributed by atoms with van der Waals surface area (Å²) in [6.07, 6.45) is 2.49. The van der Waals surface area contributed by atoms with Gasteiger partial charge in [0.1, 0.15) is 13.2 Å². The van der Waals surface area contributed by atoms with E-state index >= 15 is 0 Å². The van der Waals surface area contributed by atoms with E-state index in [0.717, 1.165) is 64.1 Å². The van der Waals surface area contributed by atoms with E-state index in [-0.39, 0.29) is 31.2 Å². The Kier molecular flexibility index (Phi) is 10.7. The molecular formula is C44H47N5O6. The monoisotopic (exact) mass is 741 g/mol. The molecule has 0 saturated carbocycles. The minimum absolute atomic E-state index is 0.00385. The summed E-state index contributed by atoms with van der Waals surface area (Å²) in [7, 11) is 4.96. The Labute approximate surface area is 321 Å². The number of para-hydroxylation sites is 2. The van der Waals surface area contributed by atoms with E-state index in [2.05, 4.69) is 29.7 Å². The predicted molar refractivity (Wildman–Crippen MR) is 217 cm³/mol. The second-order valence-electron chi connectivity index (χ2n) is 14.0. The number of methoxy groups -OCH3 is 2. The third kappa shape index (κ3) is 7.55. The van der Waals surface area contributed by atoms with Gasteiger partial charge in [-0.3, -0.25) is 9.59 Å². The van der Waals surface area contributed by atoms with Gasteiger partial charge in [-0.25, -0.2) is 0 Å². The molecule has 2 heterocycles. The van der Waals surface area contributed by atoms with E-state index in [4.69, 9.17) is 24.7 Å². The molecule has 7 rings (SSSR count). The van der Waals surface area contributed by atoms with Crippen LogP contribution in [0.1, 0.15) is 45.1 Å². The number of carbonyl (C=O) groups excluding carboxylic acids is 2. The van der Waals surface area contributed by atoms with E-state index in [9.17, 15) is 9.59 Å². The van der Waals surface area contributed by atoms with Gasteiger partial charge in [-0.05, 0) is 97.0 Å². The molecule has 2 amide bonds. The summed E-state index contributed by atoms with van der Waals surface area (Å²) in [4.78, 5) is 29.6. The van der Waals surface area contributed by atoms with Crippen LogP contribution in [0.3, 0.4) is 0 Å². The molecule has 284 valence electrons. The number of amides is 2. The van der Waals surface area contributed by atoms with Gasteiger partial charge in [0, 0.05) is 54.5 Å². The Morgan fingerprint density at radius 2 is 1.40 bits per heavy atom. The molecule has 55 heavy (non-hydrogen) atoms. The summed E-state index contributed by atoms with van der Waals surface area (Å²) >= 11 is 0. The highest BCUT2D eigenvalue weighted by Gasteiger charge is 2.33. The van der Waals surface area contributed by atoms with Crippen molar-refractivity contribution in [3.63, 3.8) is 0 Å². The quantitative estimate of drug-likeness (QED) is 0.0789. The number of rotatable bonds is 14. The van der Waals surface area contributed by atoms with Crippen LogP contribution in [-0.4, -0.2) is 52.2 Å². The minimum atomic E-state index is -0.107. The van der Waals surface area contributed by atoms with Gasteiger partial charge >= 0.3 is 0 Å². The Balaban J connectivity index is 1.03. The summed E-state index contributed by atoms with van der Waals surface area (Å²) in [6.45, 7) is 5.07. The fourth-order valence-corrected chi connectivity index (χ4v) is 7.65. The zero-order valence-corrected chi connectivity index (χ0v) is 31.8. The molecule has 0 aromatic heterocycles. The average molecular weight is 742 g/mol. The van der Waals surface area contributed by atoms with Crippen LogP contribution in [0.25, 0.3) is 0 Å². The first-order valence-corrected chi connectivity index (χ1v) is 18.4. The maximum Gasteiger partial charge on any atom is 0.260 e. The van der Waals surface area contributed by atoms with Gasteiger partial charge in [0.25, 0.3) is 5.91 Å². The Bertz CT molecular complexity index is 2220. The van der Waals surface area contributed by atoms with Crippen LogP contribution >= 0.6 is 0 Å². The number of hydrogen-bond acceptors (Lipinski definition) is 9.